The largest absolute Gasteiger partial charge is 0.353 e. The molecule has 3 amide bonds. The van der Waals surface area contributed by atoms with Crippen molar-refractivity contribution in [1.29, 1.82) is 0 Å². The predicted molar refractivity (Wildman–Crippen MR) is 106 cm³/mol. The summed E-state index contributed by atoms with van der Waals surface area (Å²) in [5.74, 6) is -0.0143. The van der Waals surface area contributed by atoms with Gasteiger partial charge in [0, 0.05) is 43.8 Å². The number of hydrogen-bond donors (Lipinski definition) is 2. The molecule has 0 aliphatic carbocycles. The first-order chi connectivity index (χ1) is 14.0. The second-order valence-corrected chi connectivity index (χ2v) is 6.70. The third kappa shape index (κ3) is 3.75. The summed E-state index contributed by atoms with van der Waals surface area (Å²) in [7, 11) is 1.77. The molecule has 1 saturated heterocycles. The average molecular weight is 392 g/mol. The molecule has 9 heteroatoms. The molecule has 148 valence electrons. The fourth-order valence-corrected chi connectivity index (χ4v) is 3.26. The molecule has 0 saturated carbocycles. The summed E-state index contributed by atoms with van der Waals surface area (Å²) in [5, 5.41) is 9.71. The zero-order valence-corrected chi connectivity index (χ0v) is 15.8. The Morgan fingerprint density at radius 2 is 1.86 bits per heavy atom. The van der Waals surface area contributed by atoms with Gasteiger partial charge in [0.1, 0.15) is 11.4 Å². The summed E-state index contributed by atoms with van der Waals surface area (Å²) in [5.41, 5.74) is 1.46. The van der Waals surface area contributed by atoms with Crippen LogP contribution in [0.1, 0.15) is 20.7 Å². The van der Waals surface area contributed by atoms with Crippen molar-refractivity contribution in [3.05, 3.63) is 66.1 Å². The first-order valence-corrected chi connectivity index (χ1v) is 9.15. The molecule has 1 fully saturated rings. The molecule has 0 unspecified atom stereocenters. The maximum Gasteiger partial charge on any atom is 0.261 e. The quantitative estimate of drug-likeness (QED) is 0.693. The molecule has 29 heavy (non-hydrogen) atoms. The molecule has 2 N–H and O–H groups in total. The molecule has 3 heterocycles. The van der Waals surface area contributed by atoms with Crippen LogP contribution in [0.3, 0.4) is 0 Å². The Hall–Kier alpha value is -3.88. The molecular weight excluding hydrogens is 372 g/mol. The highest BCUT2D eigenvalue weighted by Gasteiger charge is 2.22. The molecule has 0 bridgehead atoms. The fourth-order valence-electron chi connectivity index (χ4n) is 3.26. The van der Waals surface area contributed by atoms with E-state index >= 15 is 0 Å². The highest BCUT2D eigenvalue weighted by Crippen LogP contribution is 2.17. The number of piperazine rings is 1. The second-order valence-electron chi connectivity index (χ2n) is 6.70. The lowest BCUT2D eigenvalue weighted by Crippen LogP contribution is -2.49. The van der Waals surface area contributed by atoms with Gasteiger partial charge < -0.3 is 20.1 Å². The fraction of sp³-hybridized carbons (Fsp3) is 0.200. The maximum atomic E-state index is 12.7. The summed E-state index contributed by atoms with van der Waals surface area (Å²) >= 11 is 0. The standard InChI is InChI=1S/C20H20N6O3/c1-24-19(25-9-2-3-10-25)16(12-22-24)18(28)23-15-6-4-14(5-7-15)20(29)26-11-8-21-17(27)13-26/h2-7,9-10,12H,8,11,13H2,1H3,(H,21,27)(H,23,28). The van der Waals surface area contributed by atoms with Crippen molar-refractivity contribution in [2.45, 2.75) is 0 Å². The Morgan fingerprint density at radius 3 is 2.55 bits per heavy atom. The van der Waals surface area contributed by atoms with E-state index in [1.807, 2.05) is 29.1 Å². The van der Waals surface area contributed by atoms with E-state index in [1.54, 1.807) is 36.0 Å². The lowest BCUT2D eigenvalue weighted by Gasteiger charge is -2.26. The van der Waals surface area contributed by atoms with Crippen molar-refractivity contribution < 1.29 is 14.4 Å². The van der Waals surface area contributed by atoms with Gasteiger partial charge in [-0.15, -0.1) is 0 Å². The zero-order valence-electron chi connectivity index (χ0n) is 15.8. The average Bonchev–Trinajstić information content (AvgIpc) is 3.37. The summed E-state index contributed by atoms with van der Waals surface area (Å²) in [6.07, 6.45) is 5.20. The summed E-state index contributed by atoms with van der Waals surface area (Å²) in [4.78, 5) is 38.3. The van der Waals surface area contributed by atoms with Gasteiger partial charge in [0.05, 0.1) is 12.7 Å². The molecule has 0 radical (unpaired) electrons. The lowest BCUT2D eigenvalue weighted by atomic mass is 10.1. The minimum Gasteiger partial charge on any atom is -0.353 e. The number of hydrogen-bond acceptors (Lipinski definition) is 4. The summed E-state index contributed by atoms with van der Waals surface area (Å²) < 4.78 is 3.45. The molecular formula is C20H20N6O3. The number of carbonyl (C=O) groups excluding carboxylic acids is 3. The van der Waals surface area contributed by atoms with Gasteiger partial charge in [-0.1, -0.05) is 0 Å². The lowest BCUT2D eigenvalue weighted by molar-refractivity contribution is -0.123. The number of nitrogens with zero attached hydrogens (tertiary/aromatic N) is 4. The number of benzene rings is 1. The number of carbonyl (C=O) groups is 3. The monoisotopic (exact) mass is 392 g/mol. The normalized spacial score (nSPS) is 13.8. The Kier molecular flexibility index (Phi) is 4.86. The van der Waals surface area contributed by atoms with Gasteiger partial charge in [-0.3, -0.25) is 19.1 Å². The number of aromatic nitrogens is 3. The first-order valence-electron chi connectivity index (χ1n) is 9.15. The number of amides is 3. The smallest absolute Gasteiger partial charge is 0.261 e. The van der Waals surface area contributed by atoms with E-state index in [0.717, 1.165) is 0 Å². The SMILES string of the molecule is Cn1ncc(C(=O)Nc2ccc(C(=O)N3CCNC(=O)C3)cc2)c1-n1cccc1. The maximum absolute atomic E-state index is 12.7. The van der Waals surface area contributed by atoms with Crippen LogP contribution in [-0.2, 0) is 11.8 Å². The second kappa shape index (κ2) is 7.63. The Labute approximate surface area is 166 Å². The van der Waals surface area contributed by atoms with Crippen molar-refractivity contribution in [2.24, 2.45) is 7.05 Å². The van der Waals surface area contributed by atoms with Gasteiger partial charge in [-0.25, -0.2) is 0 Å². The van der Waals surface area contributed by atoms with Crippen LogP contribution in [0.5, 0.6) is 0 Å². The van der Waals surface area contributed by atoms with Gasteiger partial charge in [0.15, 0.2) is 0 Å². The van der Waals surface area contributed by atoms with E-state index in [-0.39, 0.29) is 24.3 Å². The van der Waals surface area contributed by atoms with Crippen molar-refractivity contribution in [1.82, 2.24) is 24.6 Å². The van der Waals surface area contributed by atoms with Crippen LogP contribution in [0.4, 0.5) is 5.69 Å². The Bertz CT molecular complexity index is 1050. The van der Waals surface area contributed by atoms with E-state index in [0.29, 0.717) is 35.7 Å². The Balaban J connectivity index is 1.48. The molecule has 1 aliphatic heterocycles. The van der Waals surface area contributed by atoms with Crippen LogP contribution in [0.15, 0.2) is 55.0 Å². The van der Waals surface area contributed by atoms with Crippen molar-refractivity contribution in [3.63, 3.8) is 0 Å². The molecule has 3 aromatic rings. The van der Waals surface area contributed by atoms with Gasteiger partial charge in [-0.2, -0.15) is 5.10 Å². The van der Waals surface area contributed by atoms with Crippen molar-refractivity contribution >= 4 is 23.4 Å². The molecule has 0 spiro atoms. The zero-order chi connectivity index (χ0) is 20.4. The number of anilines is 1. The van der Waals surface area contributed by atoms with Crippen LogP contribution in [0.2, 0.25) is 0 Å². The molecule has 2 aromatic heterocycles. The summed E-state index contributed by atoms with van der Waals surface area (Å²) in [6, 6.07) is 10.4. The summed E-state index contributed by atoms with van der Waals surface area (Å²) in [6.45, 7) is 0.986. The molecule has 4 rings (SSSR count). The van der Waals surface area contributed by atoms with Crippen molar-refractivity contribution in [2.75, 3.05) is 25.0 Å². The van der Waals surface area contributed by atoms with Crippen LogP contribution in [0.25, 0.3) is 5.82 Å². The highest BCUT2D eigenvalue weighted by molar-refractivity contribution is 6.06. The van der Waals surface area contributed by atoms with Crippen LogP contribution in [-0.4, -0.2) is 56.6 Å². The minimum absolute atomic E-state index is 0.0560. The molecule has 9 nitrogen and oxygen atoms in total. The van der Waals surface area contributed by atoms with Gasteiger partial charge in [0.25, 0.3) is 11.8 Å². The van der Waals surface area contributed by atoms with E-state index in [1.165, 1.54) is 11.1 Å². The van der Waals surface area contributed by atoms with Gasteiger partial charge in [0.2, 0.25) is 5.91 Å². The minimum atomic E-state index is -0.298. The van der Waals surface area contributed by atoms with E-state index in [4.69, 9.17) is 0 Å². The van der Waals surface area contributed by atoms with Crippen molar-refractivity contribution in [3.8, 4) is 5.82 Å². The van der Waals surface area contributed by atoms with E-state index < -0.39 is 0 Å². The predicted octanol–water partition coefficient (Wildman–Crippen LogP) is 1.04. The highest BCUT2D eigenvalue weighted by atomic mass is 16.2. The first kappa shape index (κ1) is 18.5. The van der Waals surface area contributed by atoms with Gasteiger partial charge in [-0.05, 0) is 36.4 Å². The van der Waals surface area contributed by atoms with Crippen LogP contribution in [0, 0.1) is 0 Å². The van der Waals surface area contributed by atoms with Crippen LogP contribution >= 0.6 is 0 Å². The van der Waals surface area contributed by atoms with E-state index in [2.05, 4.69) is 15.7 Å². The van der Waals surface area contributed by atoms with Gasteiger partial charge >= 0.3 is 0 Å². The number of rotatable bonds is 4. The number of nitrogens with one attached hydrogen (secondary N) is 2. The topological polar surface area (TPSA) is 101 Å². The molecule has 0 atom stereocenters. The molecule has 1 aliphatic rings. The third-order valence-corrected chi connectivity index (χ3v) is 4.72. The van der Waals surface area contributed by atoms with Crippen LogP contribution < -0.4 is 10.6 Å². The van der Waals surface area contributed by atoms with E-state index in [9.17, 15) is 14.4 Å². The third-order valence-electron chi connectivity index (χ3n) is 4.72. The molecule has 1 aromatic carbocycles. The number of aryl methyl sites for hydroxylation is 1. The Morgan fingerprint density at radius 1 is 1.14 bits per heavy atom.